The second-order valence-electron chi connectivity index (χ2n) is 2.45. The first-order chi connectivity index (χ1) is 4.43. The van der Waals surface area contributed by atoms with Gasteiger partial charge in [0.2, 0.25) is 0 Å². The molecule has 52 valence electrons. The average molecular weight is 142 g/mol. The molecule has 0 N–H and O–H groups in total. The summed E-state index contributed by atoms with van der Waals surface area (Å²) in [5, 5.41) is 0.931. The van der Waals surface area contributed by atoms with Crippen LogP contribution in [0.15, 0.2) is 12.2 Å². The number of hydrogen-bond acceptors (Lipinski definition) is 1. The molecule has 0 fully saturated rings. The van der Waals surface area contributed by atoms with Crippen LogP contribution in [0, 0.1) is 0 Å². The molecule has 0 bridgehead atoms. The fraction of sp³-hybridized carbons (Fsp3) is 0.750. The van der Waals surface area contributed by atoms with Crippen molar-refractivity contribution >= 4 is 11.8 Å². The van der Waals surface area contributed by atoms with E-state index in [1.165, 1.54) is 25.0 Å². The second kappa shape index (κ2) is 3.99. The van der Waals surface area contributed by atoms with E-state index in [9.17, 15) is 0 Å². The summed E-state index contributed by atoms with van der Waals surface area (Å²) in [7, 11) is 0. The van der Waals surface area contributed by atoms with Crippen LogP contribution in [0.4, 0.5) is 0 Å². The molecule has 0 radical (unpaired) electrons. The van der Waals surface area contributed by atoms with Gasteiger partial charge in [0.1, 0.15) is 0 Å². The lowest BCUT2D eigenvalue weighted by Crippen LogP contribution is -2.04. The van der Waals surface area contributed by atoms with E-state index in [-0.39, 0.29) is 0 Å². The number of thioether (sulfide) groups is 1. The fourth-order valence-electron chi connectivity index (χ4n) is 1.10. The maximum atomic E-state index is 2.32. The largest absolute Gasteiger partial charge is 0.154 e. The molecule has 0 saturated heterocycles. The number of hydrogen-bond donors (Lipinski definition) is 0. The van der Waals surface area contributed by atoms with Gasteiger partial charge in [0.15, 0.2) is 0 Å². The molecule has 0 aromatic rings. The van der Waals surface area contributed by atoms with Gasteiger partial charge < -0.3 is 0 Å². The van der Waals surface area contributed by atoms with E-state index in [1.54, 1.807) is 0 Å². The van der Waals surface area contributed by atoms with Crippen LogP contribution in [0.3, 0.4) is 0 Å². The zero-order valence-corrected chi connectivity index (χ0v) is 6.79. The van der Waals surface area contributed by atoms with E-state index in [0.717, 1.165) is 5.25 Å². The lowest BCUT2D eigenvalue weighted by atomic mass is 10.2. The fourth-order valence-corrected chi connectivity index (χ4v) is 2.27. The van der Waals surface area contributed by atoms with Crippen molar-refractivity contribution in [2.45, 2.75) is 31.4 Å². The Morgan fingerprint density at radius 2 is 2.44 bits per heavy atom. The molecule has 0 nitrogen and oxygen atoms in total. The standard InChI is InChI=1S/C8H14S/c1-2-5-8-6-3-4-7-9-8/h3-4,8H,2,5-7H2,1H3. The summed E-state index contributed by atoms with van der Waals surface area (Å²) in [5.41, 5.74) is 0. The highest BCUT2D eigenvalue weighted by atomic mass is 32.2. The minimum Gasteiger partial charge on any atom is -0.154 e. The third kappa shape index (κ3) is 2.44. The van der Waals surface area contributed by atoms with Gasteiger partial charge in [-0.15, -0.1) is 0 Å². The van der Waals surface area contributed by atoms with Crippen molar-refractivity contribution < 1.29 is 0 Å². The lowest BCUT2D eigenvalue weighted by Gasteiger charge is -2.15. The third-order valence-electron chi connectivity index (χ3n) is 1.60. The molecule has 1 aliphatic heterocycles. The van der Waals surface area contributed by atoms with Crippen LogP contribution in [-0.4, -0.2) is 11.0 Å². The molecular formula is C8H14S. The first-order valence-corrected chi connectivity index (χ1v) is 4.75. The Morgan fingerprint density at radius 1 is 1.56 bits per heavy atom. The molecule has 1 aliphatic rings. The van der Waals surface area contributed by atoms with Crippen LogP contribution in [0.25, 0.3) is 0 Å². The molecule has 1 heterocycles. The van der Waals surface area contributed by atoms with E-state index >= 15 is 0 Å². The zero-order valence-electron chi connectivity index (χ0n) is 5.97. The van der Waals surface area contributed by atoms with Crippen molar-refractivity contribution in [3.8, 4) is 0 Å². The summed E-state index contributed by atoms with van der Waals surface area (Å²) in [6.45, 7) is 2.26. The molecule has 1 heteroatoms. The molecule has 1 atom stereocenters. The quantitative estimate of drug-likeness (QED) is 0.534. The SMILES string of the molecule is CCCC1CC=CCS1. The monoisotopic (exact) mass is 142 g/mol. The highest BCUT2D eigenvalue weighted by molar-refractivity contribution is 8.00. The van der Waals surface area contributed by atoms with Gasteiger partial charge in [0.25, 0.3) is 0 Å². The van der Waals surface area contributed by atoms with Gasteiger partial charge in [-0.3, -0.25) is 0 Å². The predicted octanol–water partition coefficient (Wildman–Crippen LogP) is 2.85. The minimum atomic E-state index is 0.931. The predicted molar refractivity (Wildman–Crippen MR) is 44.9 cm³/mol. The molecule has 9 heavy (non-hydrogen) atoms. The summed E-state index contributed by atoms with van der Waals surface area (Å²) >= 11 is 2.10. The molecular weight excluding hydrogens is 128 g/mol. The highest BCUT2D eigenvalue weighted by Gasteiger charge is 2.07. The van der Waals surface area contributed by atoms with E-state index in [4.69, 9.17) is 0 Å². The van der Waals surface area contributed by atoms with Crippen molar-refractivity contribution in [2.24, 2.45) is 0 Å². The van der Waals surface area contributed by atoms with Gasteiger partial charge in [-0.1, -0.05) is 25.5 Å². The first-order valence-electron chi connectivity index (χ1n) is 3.70. The van der Waals surface area contributed by atoms with Crippen LogP contribution in [-0.2, 0) is 0 Å². The van der Waals surface area contributed by atoms with Crippen LogP contribution < -0.4 is 0 Å². The Balaban J connectivity index is 2.18. The second-order valence-corrected chi connectivity index (χ2v) is 3.78. The molecule has 1 rings (SSSR count). The average Bonchev–Trinajstić information content (AvgIpc) is 1.91. The number of allylic oxidation sites excluding steroid dienone is 1. The molecule has 0 aliphatic carbocycles. The first kappa shape index (κ1) is 7.20. The summed E-state index contributed by atoms with van der Waals surface area (Å²) < 4.78 is 0. The van der Waals surface area contributed by atoms with Crippen molar-refractivity contribution in [3.05, 3.63) is 12.2 Å². The minimum absolute atomic E-state index is 0.931. The maximum absolute atomic E-state index is 2.32. The van der Waals surface area contributed by atoms with E-state index in [1.807, 2.05) is 0 Å². The van der Waals surface area contributed by atoms with E-state index in [0.29, 0.717) is 0 Å². The number of rotatable bonds is 2. The van der Waals surface area contributed by atoms with Crippen molar-refractivity contribution in [1.82, 2.24) is 0 Å². The summed E-state index contributed by atoms with van der Waals surface area (Å²) in [5.74, 6) is 1.24. The Hall–Kier alpha value is 0.0900. The van der Waals surface area contributed by atoms with Gasteiger partial charge in [0, 0.05) is 11.0 Å². The Morgan fingerprint density at radius 3 is 3.00 bits per heavy atom. The van der Waals surface area contributed by atoms with Crippen molar-refractivity contribution in [1.29, 1.82) is 0 Å². The topological polar surface area (TPSA) is 0 Å². The van der Waals surface area contributed by atoms with Crippen molar-refractivity contribution in [3.63, 3.8) is 0 Å². The Kier molecular flexibility index (Phi) is 3.20. The molecule has 0 amide bonds. The van der Waals surface area contributed by atoms with Gasteiger partial charge in [0.05, 0.1) is 0 Å². The van der Waals surface area contributed by atoms with Crippen LogP contribution in [0.1, 0.15) is 26.2 Å². The van der Waals surface area contributed by atoms with Gasteiger partial charge in [-0.05, 0) is 12.8 Å². The molecule has 1 unspecified atom stereocenters. The normalized spacial score (nSPS) is 26.6. The smallest absolute Gasteiger partial charge is 0.0116 e. The zero-order chi connectivity index (χ0) is 6.53. The molecule has 0 saturated carbocycles. The lowest BCUT2D eigenvalue weighted by molar-refractivity contribution is 0.743. The Labute approximate surface area is 61.7 Å². The summed E-state index contributed by atoms with van der Waals surface area (Å²) in [6.07, 6.45) is 8.63. The summed E-state index contributed by atoms with van der Waals surface area (Å²) in [6, 6.07) is 0. The molecule has 0 aromatic heterocycles. The summed E-state index contributed by atoms with van der Waals surface area (Å²) in [4.78, 5) is 0. The Bertz CT molecular complexity index is 96.7. The maximum Gasteiger partial charge on any atom is 0.0116 e. The van der Waals surface area contributed by atoms with Crippen LogP contribution >= 0.6 is 11.8 Å². The van der Waals surface area contributed by atoms with E-state index < -0.39 is 0 Å². The van der Waals surface area contributed by atoms with Crippen molar-refractivity contribution in [2.75, 3.05) is 5.75 Å². The van der Waals surface area contributed by atoms with Crippen LogP contribution in [0.2, 0.25) is 0 Å². The van der Waals surface area contributed by atoms with E-state index in [2.05, 4.69) is 30.8 Å². The highest BCUT2D eigenvalue weighted by Crippen LogP contribution is 2.23. The van der Waals surface area contributed by atoms with Gasteiger partial charge >= 0.3 is 0 Å². The van der Waals surface area contributed by atoms with Gasteiger partial charge in [-0.2, -0.15) is 11.8 Å². The molecule has 0 aromatic carbocycles. The molecule has 0 spiro atoms. The van der Waals surface area contributed by atoms with Crippen LogP contribution in [0.5, 0.6) is 0 Å². The third-order valence-corrected chi connectivity index (χ3v) is 2.89. The van der Waals surface area contributed by atoms with Gasteiger partial charge in [-0.25, -0.2) is 0 Å².